The Morgan fingerprint density at radius 1 is 0.882 bits per heavy atom. The number of hydrogen-bond donors (Lipinski definition) is 0. The Morgan fingerprint density at radius 3 is 2.00 bits per heavy atom. The van der Waals surface area contributed by atoms with E-state index in [0.717, 1.165) is 11.3 Å². The van der Waals surface area contributed by atoms with Gasteiger partial charge in [0.05, 0.1) is 0 Å². The van der Waals surface area contributed by atoms with Gasteiger partial charge in [-0.2, -0.15) is 0 Å². The molecule has 0 aromatic heterocycles. The molecule has 0 radical (unpaired) electrons. The van der Waals surface area contributed by atoms with Crippen LogP contribution in [0.15, 0.2) is 65.6 Å². The first-order valence-corrected chi connectivity index (χ1v) is 6.40. The van der Waals surface area contributed by atoms with E-state index in [1.807, 2.05) is 66.4 Å². The van der Waals surface area contributed by atoms with Crippen LogP contribution in [-0.2, 0) is 17.2 Å². The average Bonchev–Trinajstić information content (AvgIpc) is 2.38. The summed E-state index contributed by atoms with van der Waals surface area (Å²) in [4.78, 5) is 0.860. The molecule has 0 N–H and O–H groups in total. The Hall–Kier alpha value is -0.813. The van der Waals surface area contributed by atoms with Gasteiger partial charge >= 0.3 is 18.9 Å². The van der Waals surface area contributed by atoms with Crippen LogP contribution in [0.2, 0.25) is 0 Å². The first-order valence-electron chi connectivity index (χ1n) is 5.19. The van der Waals surface area contributed by atoms with Crippen LogP contribution in [0, 0.1) is 5.75 Å². The molecule has 17 heavy (non-hydrogen) atoms. The zero-order valence-electron chi connectivity index (χ0n) is 9.87. The maximum atomic E-state index is 11.9. The third-order valence-corrected chi connectivity index (χ3v) is 3.49. The topological polar surface area (TPSA) is 17.1 Å². The summed E-state index contributed by atoms with van der Waals surface area (Å²) >= 11 is 0. The number of hydrogen-bond acceptors (Lipinski definition) is 1. The van der Waals surface area contributed by atoms with Gasteiger partial charge in [0.1, 0.15) is 0 Å². The summed E-state index contributed by atoms with van der Waals surface area (Å²) in [7, 11) is -1.01. The number of benzene rings is 2. The molecule has 0 saturated carbocycles. The van der Waals surface area contributed by atoms with Crippen LogP contribution in [0.4, 0.5) is 0 Å². The molecule has 1 unspecified atom stereocenters. The largest absolute Gasteiger partial charge is 1.00 e. The standard InChI is InChI=1S/C14H13OS.Li/c15-16(14-9-5-2-6-10-14)12-11-13-7-3-1-4-8-13;/h1-10,12H,11H2;/q-1;+1. The summed E-state index contributed by atoms with van der Waals surface area (Å²) in [5.41, 5.74) is 1.19. The van der Waals surface area contributed by atoms with Gasteiger partial charge in [-0.1, -0.05) is 54.1 Å². The summed E-state index contributed by atoms with van der Waals surface area (Å²) in [6, 6.07) is 19.6. The Bertz CT molecular complexity index is 456. The SMILES string of the molecule is O=S([CH-]Cc1ccccc1)c1ccccc1.[Li+]. The predicted octanol–water partition coefficient (Wildman–Crippen LogP) is 0.203. The minimum absolute atomic E-state index is 0. The van der Waals surface area contributed by atoms with Crippen molar-refractivity contribution >= 4 is 10.8 Å². The quantitative estimate of drug-likeness (QED) is 0.547. The van der Waals surface area contributed by atoms with Crippen LogP contribution < -0.4 is 18.9 Å². The van der Waals surface area contributed by atoms with E-state index in [1.165, 1.54) is 5.56 Å². The Labute approximate surface area is 117 Å². The molecule has 1 nitrogen and oxygen atoms in total. The van der Waals surface area contributed by atoms with E-state index in [2.05, 4.69) is 0 Å². The van der Waals surface area contributed by atoms with Gasteiger partial charge in [0.25, 0.3) is 0 Å². The fourth-order valence-corrected chi connectivity index (χ4v) is 2.40. The van der Waals surface area contributed by atoms with Crippen LogP contribution >= 0.6 is 0 Å². The van der Waals surface area contributed by atoms with Crippen molar-refractivity contribution in [1.82, 2.24) is 0 Å². The molecule has 0 aliphatic rings. The van der Waals surface area contributed by atoms with Gasteiger partial charge in [-0.05, 0) is 12.1 Å². The van der Waals surface area contributed by atoms with E-state index in [0.29, 0.717) is 0 Å². The molecule has 0 amide bonds. The van der Waals surface area contributed by atoms with Crippen LogP contribution in [0.25, 0.3) is 0 Å². The minimum Gasteiger partial charge on any atom is -0.289 e. The number of rotatable bonds is 4. The summed E-state index contributed by atoms with van der Waals surface area (Å²) in [6.45, 7) is 0. The van der Waals surface area contributed by atoms with Crippen molar-refractivity contribution in [2.75, 3.05) is 0 Å². The van der Waals surface area contributed by atoms with Crippen molar-refractivity contribution in [3.63, 3.8) is 0 Å². The molecule has 0 aliphatic heterocycles. The van der Waals surface area contributed by atoms with E-state index >= 15 is 0 Å². The van der Waals surface area contributed by atoms with Crippen molar-refractivity contribution in [2.24, 2.45) is 0 Å². The first kappa shape index (κ1) is 14.2. The third kappa shape index (κ3) is 4.51. The maximum Gasteiger partial charge on any atom is 1.00 e. The van der Waals surface area contributed by atoms with Crippen LogP contribution in [-0.4, -0.2) is 4.21 Å². The monoisotopic (exact) mass is 236 g/mol. The fraction of sp³-hybridized carbons (Fsp3) is 0.0714. The second kappa shape index (κ2) is 7.50. The van der Waals surface area contributed by atoms with Crippen molar-refractivity contribution in [2.45, 2.75) is 11.3 Å². The van der Waals surface area contributed by atoms with Crippen LogP contribution in [0.3, 0.4) is 0 Å². The van der Waals surface area contributed by atoms with Gasteiger partial charge in [-0.25, -0.2) is 5.75 Å². The van der Waals surface area contributed by atoms with Crippen LogP contribution in [0.5, 0.6) is 0 Å². The van der Waals surface area contributed by atoms with Gasteiger partial charge < -0.3 is 0 Å². The zero-order valence-corrected chi connectivity index (χ0v) is 10.7. The van der Waals surface area contributed by atoms with Gasteiger partial charge in [0.2, 0.25) is 0 Å². The Kier molecular flexibility index (Phi) is 6.29. The molecule has 0 spiro atoms. The normalized spacial score (nSPS) is 11.5. The third-order valence-electron chi connectivity index (χ3n) is 2.29. The molecule has 0 saturated heterocycles. The van der Waals surface area contributed by atoms with Crippen molar-refractivity contribution < 1.29 is 23.1 Å². The first-order chi connectivity index (χ1) is 7.86. The molecule has 0 heterocycles. The van der Waals surface area contributed by atoms with Crippen LogP contribution in [0.1, 0.15) is 5.56 Å². The molecule has 0 fully saturated rings. The van der Waals surface area contributed by atoms with Gasteiger partial charge in [0.15, 0.2) is 0 Å². The molecule has 0 bridgehead atoms. The molecule has 82 valence electrons. The maximum absolute atomic E-state index is 11.9. The molecule has 2 aromatic carbocycles. The molecule has 1 atom stereocenters. The van der Waals surface area contributed by atoms with E-state index in [9.17, 15) is 4.21 Å². The average molecular weight is 236 g/mol. The Morgan fingerprint density at radius 2 is 1.41 bits per heavy atom. The smallest absolute Gasteiger partial charge is 0.289 e. The second-order valence-electron chi connectivity index (χ2n) is 3.47. The molecule has 2 rings (SSSR count). The van der Waals surface area contributed by atoms with Gasteiger partial charge in [-0.15, -0.1) is 17.2 Å². The van der Waals surface area contributed by atoms with Gasteiger partial charge in [0, 0.05) is 4.90 Å². The van der Waals surface area contributed by atoms with Crippen molar-refractivity contribution in [3.8, 4) is 0 Å². The van der Waals surface area contributed by atoms with Gasteiger partial charge in [-0.3, -0.25) is 4.21 Å². The van der Waals surface area contributed by atoms with E-state index in [4.69, 9.17) is 0 Å². The molecule has 2 aromatic rings. The van der Waals surface area contributed by atoms with E-state index in [-0.39, 0.29) is 18.9 Å². The fourth-order valence-electron chi connectivity index (χ4n) is 1.44. The zero-order chi connectivity index (χ0) is 11.2. The summed E-state index contributed by atoms with van der Waals surface area (Å²) in [5.74, 6) is 1.84. The summed E-state index contributed by atoms with van der Waals surface area (Å²) in [6.07, 6.45) is 0.738. The molecule has 3 heteroatoms. The van der Waals surface area contributed by atoms with Crippen molar-refractivity contribution in [3.05, 3.63) is 72.0 Å². The van der Waals surface area contributed by atoms with E-state index < -0.39 is 10.8 Å². The molecule has 0 aliphatic carbocycles. The summed E-state index contributed by atoms with van der Waals surface area (Å²) in [5, 5.41) is 0. The summed E-state index contributed by atoms with van der Waals surface area (Å²) < 4.78 is 11.9. The minimum atomic E-state index is -1.01. The predicted molar refractivity (Wildman–Crippen MR) is 67.3 cm³/mol. The second-order valence-corrected chi connectivity index (χ2v) is 4.87. The molecular formula is C14H13LiOS. The van der Waals surface area contributed by atoms with Crippen molar-refractivity contribution in [1.29, 1.82) is 0 Å². The molecular weight excluding hydrogens is 223 g/mol. The Balaban J connectivity index is 0.00000144. The van der Waals surface area contributed by atoms with E-state index in [1.54, 1.807) is 0 Å².